The average Bonchev–Trinajstić information content (AvgIpc) is 2.94. The van der Waals surface area contributed by atoms with Gasteiger partial charge in [-0.3, -0.25) is 0 Å². The zero-order valence-electron chi connectivity index (χ0n) is 20.6. The summed E-state index contributed by atoms with van der Waals surface area (Å²) in [5, 5.41) is 0. The van der Waals surface area contributed by atoms with Gasteiger partial charge in [0.15, 0.2) is 0 Å². The van der Waals surface area contributed by atoms with E-state index in [2.05, 4.69) is 34.6 Å². The molecule has 0 bridgehead atoms. The fourth-order valence-corrected chi connectivity index (χ4v) is 11.1. The Kier molecular flexibility index (Phi) is 12.5. The smallest absolute Gasteiger partial charge is 0.0971 e. The molecule has 30 heavy (non-hydrogen) atoms. The number of hydrogen-bond donors (Lipinski definition) is 0. The van der Waals surface area contributed by atoms with Crippen molar-refractivity contribution in [3.8, 4) is 0 Å². The van der Waals surface area contributed by atoms with Crippen LogP contribution >= 0.6 is 7.92 Å². The van der Waals surface area contributed by atoms with Crippen molar-refractivity contribution in [2.24, 2.45) is 0 Å². The van der Waals surface area contributed by atoms with Gasteiger partial charge in [0.25, 0.3) is 0 Å². The molecule has 0 aromatic rings. The standard InChI is InChI=1S/C18H33P.C10H15.Ru/c1-4-10-16(11-5-1)19(17-12-6-2-7-13-17)18-14-8-3-9-15-18;1-6-7(2)9(4)10(5)8(6)3;/h16-18H,1-15H2;1-5H3;/q;;+1. The molecule has 6 radical (unpaired) electrons. The van der Waals surface area contributed by atoms with Gasteiger partial charge in [-0.2, -0.15) is 0 Å². The third kappa shape index (κ3) is 7.02. The minimum atomic E-state index is 0. The maximum atomic E-state index is 2.20. The predicted molar refractivity (Wildman–Crippen MR) is 132 cm³/mol. The van der Waals surface area contributed by atoms with Gasteiger partial charge < -0.3 is 0 Å². The van der Waals surface area contributed by atoms with Gasteiger partial charge >= 0.3 is 19.5 Å². The first-order valence-corrected chi connectivity index (χ1v) is 14.5. The van der Waals surface area contributed by atoms with E-state index in [9.17, 15) is 0 Å². The van der Waals surface area contributed by atoms with Crippen molar-refractivity contribution in [1.82, 2.24) is 0 Å². The molecule has 0 amide bonds. The molecule has 0 N–H and O–H groups in total. The first kappa shape index (κ1) is 27.3. The third-order valence-electron chi connectivity index (χ3n) is 8.80. The SMILES string of the molecule is C1CCC(P(C2CCCCC2)C2CCCCC2)CC1.C[C]1[C](C)[C](C)[C](C)[C]1C.[Ru+]. The average molecular weight is 517 g/mol. The summed E-state index contributed by atoms with van der Waals surface area (Å²) < 4.78 is 0. The van der Waals surface area contributed by atoms with E-state index in [0.29, 0.717) is 7.92 Å². The molecule has 0 nitrogen and oxygen atoms in total. The minimum absolute atomic E-state index is 0. The van der Waals surface area contributed by atoms with Gasteiger partial charge in [-0.05, 0) is 85.1 Å². The van der Waals surface area contributed by atoms with Gasteiger partial charge in [0, 0.05) is 0 Å². The monoisotopic (exact) mass is 517 g/mol. The van der Waals surface area contributed by atoms with E-state index in [1.807, 2.05) is 0 Å². The van der Waals surface area contributed by atoms with Crippen LogP contribution in [0, 0.1) is 29.6 Å². The molecule has 172 valence electrons. The topological polar surface area (TPSA) is 0 Å². The van der Waals surface area contributed by atoms with Gasteiger partial charge in [0.1, 0.15) is 0 Å². The molecule has 0 aliphatic heterocycles. The Morgan fingerprint density at radius 1 is 0.400 bits per heavy atom. The van der Waals surface area contributed by atoms with Crippen molar-refractivity contribution in [2.45, 2.75) is 148 Å². The van der Waals surface area contributed by atoms with Gasteiger partial charge in [-0.1, -0.05) is 100 Å². The number of rotatable bonds is 3. The molecule has 0 aromatic carbocycles. The Morgan fingerprint density at radius 3 is 0.800 bits per heavy atom. The van der Waals surface area contributed by atoms with E-state index in [0.717, 1.165) is 0 Å². The summed E-state index contributed by atoms with van der Waals surface area (Å²) >= 11 is 0. The van der Waals surface area contributed by atoms with Crippen LogP contribution in [-0.4, -0.2) is 17.0 Å². The Bertz CT molecular complexity index is 360. The molecule has 4 aliphatic carbocycles. The molecular weight excluding hydrogens is 468 g/mol. The molecule has 0 atom stereocenters. The Morgan fingerprint density at radius 2 is 0.600 bits per heavy atom. The van der Waals surface area contributed by atoms with E-state index in [-0.39, 0.29) is 19.5 Å². The summed E-state index contributed by atoms with van der Waals surface area (Å²) in [5.74, 6) is 7.34. The van der Waals surface area contributed by atoms with E-state index in [1.165, 1.54) is 65.8 Å². The molecule has 0 heterocycles. The van der Waals surface area contributed by atoms with Crippen LogP contribution in [0.15, 0.2) is 0 Å². The van der Waals surface area contributed by atoms with Crippen LogP contribution in [-0.2, 0) is 19.5 Å². The van der Waals surface area contributed by atoms with Crippen molar-refractivity contribution in [3.63, 3.8) is 0 Å². The van der Waals surface area contributed by atoms with Crippen molar-refractivity contribution >= 4 is 7.92 Å². The minimum Gasteiger partial charge on any atom is -0.0971 e. The summed E-state index contributed by atoms with van der Waals surface area (Å²) in [5.41, 5.74) is 3.57. The van der Waals surface area contributed by atoms with E-state index in [4.69, 9.17) is 0 Å². The van der Waals surface area contributed by atoms with Crippen LogP contribution in [0.1, 0.15) is 131 Å². The summed E-state index contributed by atoms with van der Waals surface area (Å²) in [7, 11) is 0.385. The second-order valence-corrected chi connectivity index (χ2v) is 13.5. The van der Waals surface area contributed by atoms with Gasteiger partial charge in [0.2, 0.25) is 0 Å². The van der Waals surface area contributed by atoms with Gasteiger partial charge in [-0.25, -0.2) is 0 Å². The summed E-state index contributed by atoms with van der Waals surface area (Å²) in [6.07, 6.45) is 23.6. The van der Waals surface area contributed by atoms with Gasteiger partial charge in [-0.15, -0.1) is 0 Å². The molecule has 4 fully saturated rings. The van der Waals surface area contributed by atoms with Crippen LogP contribution in [0.5, 0.6) is 0 Å². The fourth-order valence-electron chi connectivity index (χ4n) is 6.44. The predicted octanol–water partition coefficient (Wildman–Crippen LogP) is 9.44. The number of hydrogen-bond acceptors (Lipinski definition) is 0. The van der Waals surface area contributed by atoms with E-state index in [1.54, 1.807) is 77.0 Å². The largest absolute Gasteiger partial charge is 1.00 e. The molecular formula is C28H48PRu+. The summed E-state index contributed by atoms with van der Waals surface area (Å²) in [6, 6.07) is 0. The second-order valence-electron chi connectivity index (χ2n) is 10.4. The van der Waals surface area contributed by atoms with Gasteiger partial charge in [0.05, 0.1) is 0 Å². The fraction of sp³-hybridized carbons (Fsp3) is 0.821. The quantitative estimate of drug-likeness (QED) is 0.259. The maximum absolute atomic E-state index is 2.20. The Labute approximate surface area is 204 Å². The van der Waals surface area contributed by atoms with Crippen molar-refractivity contribution < 1.29 is 19.5 Å². The molecule has 4 rings (SSSR count). The van der Waals surface area contributed by atoms with E-state index >= 15 is 0 Å². The van der Waals surface area contributed by atoms with Crippen molar-refractivity contribution in [1.29, 1.82) is 0 Å². The molecule has 0 aromatic heterocycles. The zero-order chi connectivity index (χ0) is 20.8. The third-order valence-corrected chi connectivity index (χ3v) is 12.9. The Hall–Kier alpha value is 1.05. The molecule has 0 spiro atoms. The first-order valence-electron chi connectivity index (χ1n) is 13.0. The molecule has 4 aliphatic rings. The van der Waals surface area contributed by atoms with Crippen LogP contribution in [0.2, 0.25) is 0 Å². The molecule has 0 unspecified atom stereocenters. The normalized spacial score (nSPS) is 27.8. The van der Waals surface area contributed by atoms with Crippen LogP contribution < -0.4 is 0 Å². The van der Waals surface area contributed by atoms with Crippen molar-refractivity contribution in [2.75, 3.05) is 0 Å². The first-order chi connectivity index (χ1) is 14.0. The molecule has 4 saturated carbocycles. The zero-order valence-corrected chi connectivity index (χ0v) is 23.3. The van der Waals surface area contributed by atoms with Crippen LogP contribution in [0.25, 0.3) is 0 Å². The Balaban J connectivity index is 0.000000249. The second kappa shape index (κ2) is 13.7. The molecule has 0 saturated heterocycles. The van der Waals surface area contributed by atoms with Crippen LogP contribution in [0.3, 0.4) is 0 Å². The van der Waals surface area contributed by atoms with E-state index < -0.39 is 0 Å². The molecule has 2 heteroatoms. The summed E-state index contributed by atoms with van der Waals surface area (Å²) in [6.45, 7) is 11.0. The maximum Gasteiger partial charge on any atom is 1.00 e. The summed E-state index contributed by atoms with van der Waals surface area (Å²) in [4.78, 5) is 0. The van der Waals surface area contributed by atoms with Crippen molar-refractivity contribution in [3.05, 3.63) is 29.6 Å². The van der Waals surface area contributed by atoms with Crippen LogP contribution in [0.4, 0.5) is 0 Å².